The first kappa shape index (κ1) is 24.3. The lowest BCUT2D eigenvalue weighted by molar-refractivity contribution is -0.122. The maximum absolute atomic E-state index is 13.2. The molecule has 3 heterocycles. The van der Waals surface area contributed by atoms with Crippen LogP contribution in [0.25, 0.3) is 6.08 Å². The van der Waals surface area contributed by atoms with Gasteiger partial charge in [-0.1, -0.05) is 36.1 Å². The molecule has 2 aromatic heterocycles. The number of anilines is 1. The number of rotatable bonds is 7. The molecule has 1 amide bonds. The van der Waals surface area contributed by atoms with Crippen molar-refractivity contribution in [2.45, 2.75) is 20.0 Å². The van der Waals surface area contributed by atoms with Gasteiger partial charge in [-0.2, -0.15) is 5.26 Å². The highest BCUT2D eigenvalue weighted by atomic mass is 32.2. The molecule has 1 saturated heterocycles. The molecule has 0 unspecified atom stereocenters. The zero-order valence-corrected chi connectivity index (χ0v) is 21.0. The van der Waals surface area contributed by atoms with Gasteiger partial charge in [-0.25, -0.2) is 0 Å². The summed E-state index contributed by atoms with van der Waals surface area (Å²) in [5, 5.41) is 12.9. The maximum Gasteiger partial charge on any atom is 0.270 e. The second-order valence-corrected chi connectivity index (χ2v) is 9.46. The number of nitrogens with zero attached hydrogens (tertiary/aromatic N) is 3. The van der Waals surface area contributed by atoms with E-state index in [2.05, 4.69) is 5.32 Å². The number of carbonyl (C=O) groups is 1. The van der Waals surface area contributed by atoms with Gasteiger partial charge in [0.15, 0.2) is 0 Å². The average Bonchev–Trinajstić information content (AvgIpc) is 3.47. The van der Waals surface area contributed by atoms with E-state index in [1.165, 1.54) is 21.2 Å². The average molecular weight is 507 g/mol. The summed E-state index contributed by atoms with van der Waals surface area (Å²) in [7, 11) is 3.20. The third-order valence-corrected chi connectivity index (χ3v) is 7.04. The summed E-state index contributed by atoms with van der Waals surface area (Å²) < 4.78 is 12.4. The molecular weight excluding hydrogens is 484 g/mol. The molecular formula is C25H22N4O4S2. The van der Waals surface area contributed by atoms with Crippen molar-refractivity contribution in [3.8, 4) is 11.8 Å². The van der Waals surface area contributed by atoms with Crippen LogP contribution in [-0.2, 0) is 24.9 Å². The minimum Gasteiger partial charge on any atom is -0.497 e. The summed E-state index contributed by atoms with van der Waals surface area (Å²) in [5.74, 6) is 1.60. The molecule has 0 atom stereocenters. The molecule has 0 spiro atoms. The van der Waals surface area contributed by atoms with Crippen LogP contribution >= 0.6 is 24.0 Å². The fourth-order valence-electron chi connectivity index (χ4n) is 3.70. The number of thioether (sulfide) groups is 1. The predicted molar refractivity (Wildman–Crippen MR) is 139 cm³/mol. The van der Waals surface area contributed by atoms with Crippen molar-refractivity contribution in [2.24, 2.45) is 7.05 Å². The third kappa shape index (κ3) is 4.87. The minimum atomic E-state index is -0.412. The van der Waals surface area contributed by atoms with Gasteiger partial charge in [-0.3, -0.25) is 19.1 Å². The van der Waals surface area contributed by atoms with Crippen LogP contribution in [0.2, 0.25) is 0 Å². The van der Waals surface area contributed by atoms with Gasteiger partial charge in [0, 0.05) is 19.2 Å². The van der Waals surface area contributed by atoms with E-state index in [0.29, 0.717) is 38.5 Å². The van der Waals surface area contributed by atoms with E-state index in [1.54, 1.807) is 45.6 Å². The van der Waals surface area contributed by atoms with Crippen molar-refractivity contribution < 1.29 is 13.9 Å². The van der Waals surface area contributed by atoms with E-state index in [-0.39, 0.29) is 18.0 Å². The summed E-state index contributed by atoms with van der Waals surface area (Å²) in [4.78, 5) is 27.9. The molecule has 8 nitrogen and oxygen atoms in total. The normalized spacial score (nSPS) is 14.5. The Morgan fingerprint density at radius 2 is 2.00 bits per heavy atom. The van der Waals surface area contributed by atoms with Crippen molar-refractivity contribution in [2.75, 3.05) is 12.4 Å². The number of ether oxygens (including phenoxy) is 1. The molecule has 4 rings (SSSR count). The van der Waals surface area contributed by atoms with Crippen LogP contribution in [0, 0.1) is 18.3 Å². The second kappa shape index (κ2) is 10.2. The Kier molecular flexibility index (Phi) is 7.10. The third-order valence-electron chi connectivity index (χ3n) is 5.66. The van der Waals surface area contributed by atoms with Crippen LogP contribution in [0.3, 0.4) is 0 Å². The van der Waals surface area contributed by atoms with E-state index in [1.807, 2.05) is 30.3 Å². The monoisotopic (exact) mass is 506 g/mol. The first-order chi connectivity index (χ1) is 16.8. The number of aromatic nitrogens is 1. The van der Waals surface area contributed by atoms with Crippen LogP contribution in [-0.4, -0.2) is 26.8 Å². The van der Waals surface area contributed by atoms with Crippen molar-refractivity contribution >= 4 is 46.1 Å². The predicted octanol–water partition coefficient (Wildman–Crippen LogP) is 4.18. The van der Waals surface area contributed by atoms with Gasteiger partial charge >= 0.3 is 0 Å². The summed E-state index contributed by atoms with van der Waals surface area (Å²) >= 11 is 6.61. The van der Waals surface area contributed by atoms with Crippen LogP contribution in [0.5, 0.6) is 5.75 Å². The zero-order chi connectivity index (χ0) is 25.1. The summed E-state index contributed by atoms with van der Waals surface area (Å²) in [6, 6.07) is 13.1. The minimum absolute atomic E-state index is 0.0276. The second-order valence-electron chi connectivity index (χ2n) is 7.79. The molecule has 10 heteroatoms. The summed E-state index contributed by atoms with van der Waals surface area (Å²) in [5.41, 5.74) is 1.65. The van der Waals surface area contributed by atoms with Crippen molar-refractivity contribution in [1.82, 2.24) is 9.47 Å². The maximum atomic E-state index is 13.2. The van der Waals surface area contributed by atoms with Gasteiger partial charge < -0.3 is 14.5 Å². The van der Waals surface area contributed by atoms with Crippen molar-refractivity contribution in [3.05, 3.63) is 85.9 Å². The summed E-state index contributed by atoms with van der Waals surface area (Å²) in [6.07, 6.45) is 3.23. The molecule has 1 aliphatic heterocycles. The topological polar surface area (TPSA) is 100 Å². The number of hydrogen-bond acceptors (Lipinski definition) is 8. The molecule has 1 aromatic carbocycles. The number of thiocarbonyl (C=S) groups is 1. The fourth-order valence-corrected chi connectivity index (χ4v) is 4.94. The molecule has 0 saturated carbocycles. The number of benzene rings is 1. The number of nitriles is 1. The van der Waals surface area contributed by atoms with Gasteiger partial charge in [0.2, 0.25) is 0 Å². The number of nitrogens with one attached hydrogen (secondary N) is 1. The molecule has 0 aliphatic carbocycles. The van der Waals surface area contributed by atoms with Gasteiger partial charge in [0.05, 0.1) is 24.8 Å². The number of pyridine rings is 1. The van der Waals surface area contributed by atoms with Crippen LogP contribution < -0.4 is 15.6 Å². The SMILES string of the molecule is COc1ccc(CNc2c(/C=C3/SC(=S)N(Cc4ccco4)C3=O)c(C)c(C#N)c(=O)n2C)cc1. The first-order valence-electron chi connectivity index (χ1n) is 10.6. The number of hydrogen-bond donors (Lipinski definition) is 1. The molecule has 178 valence electrons. The molecule has 0 radical (unpaired) electrons. The Morgan fingerprint density at radius 3 is 2.63 bits per heavy atom. The van der Waals surface area contributed by atoms with Gasteiger partial charge in [-0.05, 0) is 48.4 Å². The smallest absolute Gasteiger partial charge is 0.270 e. The number of methoxy groups -OCH3 is 1. The molecule has 1 aliphatic rings. The van der Waals surface area contributed by atoms with Gasteiger partial charge in [0.25, 0.3) is 11.5 Å². The van der Waals surface area contributed by atoms with E-state index in [4.69, 9.17) is 21.4 Å². The zero-order valence-electron chi connectivity index (χ0n) is 19.3. The van der Waals surface area contributed by atoms with E-state index >= 15 is 0 Å². The lowest BCUT2D eigenvalue weighted by Gasteiger charge is -2.18. The molecule has 3 aromatic rings. The van der Waals surface area contributed by atoms with E-state index in [0.717, 1.165) is 11.3 Å². The Morgan fingerprint density at radius 1 is 1.26 bits per heavy atom. The van der Waals surface area contributed by atoms with E-state index < -0.39 is 5.56 Å². The quantitative estimate of drug-likeness (QED) is 0.376. The standard InChI is InChI=1S/C25H22N4O4S2/c1-15-19(11-21-24(31)29(25(34)35-21)14-18-5-4-10-33-18)22(28(2)23(30)20(15)12-26)27-13-16-6-8-17(32-3)9-7-16/h4-11,27H,13-14H2,1-3H3/b21-11+. The molecule has 0 bridgehead atoms. The van der Waals surface area contributed by atoms with Crippen LogP contribution in [0.1, 0.15) is 28.0 Å². The lowest BCUT2D eigenvalue weighted by Crippen LogP contribution is -2.27. The Balaban J connectivity index is 1.71. The van der Waals surface area contributed by atoms with Crippen molar-refractivity contribution in [1.29, 1.82) is 5.26 Å². The Hall–Kier alpha value is -3.81. The van der Waals surface area contributed by atoms with Crippen molar-refractivity contribution in [3.63, 3.8) is 0 Å². The van der Waals surface area contributed by atoms with Gasteiger partial charge in [0.1, 0.15) is 33.3 Å². The highest BCUT2D eigenvalue weighted by Crippen LogP contribution is 2.35. The number of amides is 1. The largest absolute Gasteiger partial charge is 0.497 e. The highest BCUT2D eigenvalue weighted by molar-refractivity contribution is 8.26. The molecule has 1 fully saturated rings. The first-order valence-corrected chi connectivity index (χ1v) is 11.8. The Bertz CT molecular complexity index is 1420. The Labute approximate surface area is 211 Å². The van der Waals surface area contributed by atoms with Crippen LogP contribution in [0.4, 0.5) is 5.82 Å². The van der Waals surface area contributed by atoms with Gasteiger partial charge in [-0.15, -0.1) is 0 Å². The number of furan rings is 1. The van der Waals surface area contributed by atoms with E-state index in [9.17, 15) is 14.9 Å². The number of carbonyl (C=O) groups excluding carboxylic acids is 1. The molecule has 1 N–H and O–H groups in total. The lowest BCUT2D eigenvalue weighted by atomic mass is 10.0. The molecule has 35 heavy (non-hydrogen) atoms. The summed E-state index contributed by atoms with van der Waals surface area (Å²) in [6.45, 7) is 2.35. The highest BCUT2D eigenvalue weighted by Gasteiger charge is 2.33. The fraction of sp³-hybridized carbons (Fsp3) is 0.200. The van der Waals surface area contributed by atoms with Crippen LogP contribution in [0.15, 0.2) is 56.8 Å².